The van der Waals surface area contributed by atoms with Crippen molar-refractivity contribution in [2.75, 3.05) is 42.5 Å². The zero-order valence-electron chi connectivity index (χ0n) is 21.9. The van der Waals surface area contributed by atoms with Gasteiger partial charge in [0, 0.05) is 38.1 Å². The van der Waals surface area contributed by atoms with Crippen LogP contribution in [0.4, 0.5) is 11.4 Å². The van der Waals surface area contributed by atoms with Crippen molar-refractivity contribution in [2.24, 2.45) is 14.1 Å². The number of carbonyl (C=O) groups excluding carboxylic acids is 1. The van der Waals surface area contributed by atoms with E-state index in [1.165, 1.54) is 41.4 Å². The maximum absolute atomic E-state index is 13.6. The van der Waals surface area contributed by atoms with Crippen molar-refractivity contribution in [2.45, 2.75) is 18.7 Å². The SMILES string of the molecule is CCOC(=O)c1oc2ccc(S(=O)(=O)Nc3cc4c(cc3N3CCOCC3)n(C)c(=O)c(=O)n4C)cc2c1C. The Morgan fingerprint density at radius 3 is 2.31 bits per heavy atom. The molecule has 0 saturated carbocycles. The van der Waals surface area contributed by atoms with Gasteiger partial charge in [0.05, 0.1) is 47.1 Å². The second kappa shape index (κ2) is 9.89. The van der Waals surface area contributed by atoms with E-state index >= 15 is 0 Å². The number of aryl methyl sites for hydroxylation is 3. The van der Waals surface area contributed by atoms with E-state index in [4.69, 9.17) is 13.9 Å². The Kier molecular flexibility index (Phi) is 6.72. The number of rotatable bonds is 6. The van der Waals surface area contributed by atoms with Crippen LogP contribution in [-0.4, -0.2) is 56.4 Å². The number of benzene rings is 2. The van der Waals surface area contributed by atoms with E-state index < -0.39 is 27.1 Å². The first-order valence-corrected chi connectivity index (χ1v) is 13.8. The minimum atomic E-state index is -4.14. The fourth-order valence-electron chi connectivity index (χ4n) is 4.72. The van der Waals surface area contributed by atoms with Gasteiger partial charge in [-0.3, -0.25) is 14.3 Å². The predicted molar refractivity (Wildman–Crippen MR) is 145 cm³/mol. The predicted octanol–water partition coefficient (Wildman–Crippen LogP) is 2.11. The summed E-state index contributed by atoms with van der Waals surface area (Å²) in [5.41, 5.74) is 1.07. The number of nitrogens with one attached hydrogen (secondary N) is 1. The lowest BCUT2D eigenvalue weighted by Crippen LogP contribution is -2.40. The maximum atomic E-state index is 13.6. The van der Waals surface area contributed by atoms with Crippen molar-refractivity contribution < 1.29 is 27.1 Å². The third-order valence-corrected chi connectivity index (χ3v) is 8.25. The summed E-state index contributed by atoms with van der Waals surface area (Å²) in [4.78, 5) is 39.1. The summed E-state index contributed by atoms with van der Waals surface area (Å²) >= 11 is 0. The molecule has 5 rings (SSSR count). The molecule has 1 N–H and O–H groups in total. The monoisotopic (exact) mass is 556 g/mol. The Balaban J connectivity index is 1.63. The molecule has 2 aromatic carbocycles. The number of carbonyl (C=O) groups is 1. The van der Waals surface area contributed by atoms with Crippen LogP contribution in [0.2, 0.25) is 0 Å². The zero-order valence-corrected chi connectivity index (χ0v) is 22.8. The van der Waals surface area contributed by atoms with E-state index in [2.05, 4.69) is 4.72 Å². The molecule has 0 aliphatic carbocycles. The van der Waals surface area contributed by atoms with Crippen LogP contribution in [-0.2, 0) is 33.6 Å². The van der Waals surface area contributed by atoms with Crippen molar-refractivity contribution >= 4 is 49.4 Å². The summed E-state index contributed by atoms with van der Waals surface area (Å²) in [7, 11) is -1.16. The Hall–Kier alpha value is -4.10. The van der Waals surface area contributed by atoms with Crippen molar-refractivity contribution in [1.82, 2.24) is 9.13 Å². The van der Waals surface area contributed by atoms with E-state index in [0.717, 1.165) is 0 Å². The number of morpholine rings is 1. The minimum Gasteiger partial charge on any atom is -0.460 e. The number of nitrogens with zero attached hydrogens (tertiary/aromatic N) is 3. The normalized spacial score (nSPS) is 14.2. The van der Waals surface area contributed by atoms with Gasteiger partial charge in [0.15, 0.2) is 0 Å². The van der Waals surface area contributed by atoms with Crippen LogP contribution < -0.4 is 20.7 Å². The molecule has 12 nitrogen and oxygen atoms in total. The minimum absolute atomic E-state index is 0.0185. The lowest BCUT2D eigenvalue weighted by Gasteiger charge is -2.31. The van der Waals surface area contributed by atoms with Crippen molar-refractivity contribution in [3.05, 3.63) is 62.4 Å². The number of hydrogen-bond donors (Lipinski definition) is 1. The molecule has 1 fully saturated rings. The van der Waals surface area contributed by atoms with E-state index in [1.807, 2.05) is 4.90 Å². The van der Waals surface area contributed by atoms with Gasteiger partial charge in [0.25, 0.3) is 10.0 Å². The number of esters is 1. The van der Waals surface area contributed by atoms with Crippen LogP contribution in [0.1, 0.15) is 23.0 Å². The molecule has 2 aromatic heterocycles. The number of ether oxygens (including phenoxy) is 2. The second-order valence-electron chi connectivity index (χ2n) is 9.23. The molecular formula is C26H28N4O8S. The molecule has 206 valence electrons. The Labute approximate surface area is 223 Å². The maximum Gasteiger partial charge on any atom is 0.374 e. The average molecular weight is 557 g/mol. The van der Waals surface area contributed by atoms with Gasteiger partial charge in [-0.25, -0.2) is 13.2 Å². The Morgan fingerprint density at radius 2 is 1.67 bits per heavy atom. The van der Waals surface area contributed by atoms with Crippen LogP contribution in [0, 0.1) is 6.92 Å². The zero-order chi connectivity index (χ0) is 28.1. The van der Waals surface area contributed by atoms with Gasteiger partial charge in [0.1, 0.15) is 5.58 Å². The molecule has 0 radical (unpaired) electrons. The standard InChI is InChI=1S/C26H28N4O8S/c1-5-37-26(33)23-15(2)17-12-16(6-7-22(17)38-23)39(34,35)27-18-13-20-21(29(4)25(32)24(31)28(20)3)14-19(18)30-8-10-36-11-9-30/h6-7,12-14,27H,5,8-11H2,1-4H3. The van der Waals surface area contributed by atoms with E-state index in [0.29, 0.717) is 59.6 Å². The number of hydrogen-bond acceptors (Lipinski definition) is 9. The highest BCUT2D eigenvalue weighted by Gasteiger charge is 2.25. The lowest BCUT2D eigenvalue weighted by atomic mass is 10.1. The molecule has 0 spiro atoms. The summed E-state index contributed by atoms with van der Waals surface area (Å²) in [6, 6.07) is 7.57. The van der Waals surface area contributed by atoms with E-state index in [1.54, 1.807) is 26.0 Å². The van der Waals surface area contributed by atoms with Gasteiger partial charge in [-0.15, -0.1) is 0 Å². The second-order valence-corrected chi connectivity index (χ2v) is 10.9. The van der Waals surface area contributed by atoms with Gasteiger partial charge < -0.3 is 27.9 Å². The van der Waals surface area contributed by atoms with Crippen molar-refractivity contribution in [3.8, 4) is 0 Å². The molecule has 1 saturated heterocycles. The van der Waals surface area contributed by atoms with Crippen LogP contribution >= 0.6 is 0 Å². The molecule has 1 aliphatic heterocycles. The van der Waals surface area contributed by atoms with Crippen LogP contribution in [0.5, 0.6) is 0 Å². The highest BCUT2D eigenvalue weighted by molar-refractivity contribution is 7.92. The van der Waals surface area contributed by atoms with Gasteiger partial charge in [-0.2, -0.15) is 0 Å². The first-order valence-electron chi connectivity index (χ1n) is 12.3. The fourth-order valence-corrected chi connectivity index (χ4v) is 5.81. The first-order chi connectivity index (χ1) is 18.5. The molecule has 13 heteroatoms. The number of fused-ring (bicyclic) bond motifs is 2. The molecule has 39 heavy (non-hydrogen) atoms. The third kappa shape index (κ3) is 4.57. The Bertz CT molecular complexity index is 1850. The molecule has 0 bridgehead atoms. The molecule has 4 aromatic rings. The fraction of sp³-hybridized carbons (Fsp3) is 0.346. The summed E-state index contributed by atoms with van der Waals surface area (Å²) in [6.45, 7) is 5.45. The summed E-state index contributed by atoms with van der Waals surface area (Å²) < 4.78 is 48.5. The average Bonchev–Trinajstić information content (AvgIpc) is 3.26. The quantitative estimate of drug-likeness (QED) is 0.279. The molecule has 3 heterocycles. The number of furan rings is 1. The summed E-state index contributed by atoms with van der Waals surface area (Å²) in [6.07, 6.45) is 0. The first kappa shape index (κ1) is 26.5. The van der Waals surface area contributed by atoms with Gasteiger partial charge >= 0.3 is 17.1 Å². The van der Waals surface area contributed by atoms with Gasteiger partial charge in [-0.05, 0) is 44.2 Å². The molecule has 1 aliphatic rings. The number of sulfonamides is 1. The van der Waals surface area contributed by atoms with Crippen molar-refractivity contribution in [1.29, 1.82) is 0 Å². The summed E-state index contributed by atoms with van der Waals surface area (Å²) in [5, 5.41) is 0.463. The van der Waals surface area contributed by atoms with Gasteiger partial charge in [0.2, 0.25) is 5.76 Å². The molecular weight excluding hydrogens is 528 g/mol. The van der Waals surface area contributed by atoms with Crippen LogP contribution in [0.15, 0.2) is 49.2 Å². The molecule has 0 atom stereocenters. The topological polar surface area (TPSA) is 142 Å². The largest absolute Gasteiger partial charge is 0.460 e. The lowest BCUT2D eigenvalue weighted by molar-refractivity contribution is 0.0491. The number of anilines is 2. The van der Waals surface area contributed by atoms with Crippen LogP contribution in [0.3, 0.4) is 0 Å². The van der Waals surface area contributed by atoms with E-state index in [9.17, 15) is 22.8 Å². The van der Waals surface area contributed by atoms with Gasteiger partial charge in [-0.1, -0.05) is 0 Å². The van der Waals surface area contributed by atoms with E-state index in [-0.39, 0.29) is 22.9 Å². The summed E-state index contributed by atoms with van der Waals surface area (Å²) in [5.74, 6) is -0.606. The smallest absolute Gasteiger partial charge is 0.374 e. The van der Waals surface area contributed by atoms with Crippen LogP contribution in [0.25, 0.3) is 22.0 Å². The highest BCUT2D eigenvalue weighted by Crippen LogP contribution is 2.34. The highest BCUT2D eigenvalue weighted by atomic mass is 32.2. The molecule has 0 amide bonds. The van der Waals surface area contributed by atoms with Crippen molar-refractivity contribution in [3.63, 3.8) is 0 Å². The third-order valence-electron chi connectivity index (χ3n) is 6.88. The number of aromatic nitrogens is 2. The molecule has 0 unspecified atom stereocenters. The Morgan fingerprint density at radius 1 is 1.03 bits per heavy atom.